The van der Waals surface area contributed by atoms with Crippen LogP contribution < -0.4 is 20.7 Å². The Kier molecular flexibility index (Phi) is 9.31. The number of nitrogens with one attached hydrogen (secondary N) is 3. The molecule has 0 saturated carbocycles. The molecule has 0 aliphatic heterocycles. The van der Waals surface area contributed by atoms with E-state index in [1.54, 1.807) is 24.3 Å². The van der Waals surface area contributed by atoms with E-state index in [0.717, 1.165) is 17.7 Å². The van der Waals surface area contributed by atoms with E-state index in [0.29, 0.717) is 29.4 Å². The van der Waals surface area contributed by atoms with Gasteiger partial charge in [0.15, 0.2) is 5.11 Å². The van der Waals surface area contributed by atoms with Crippen molar-refractivity contribution in [3.63, 3.8) is 0 Å². The lowest BCUT2D eigenvalue weighted by Gasteiger charge is -2.12. The van der Waals surface area contributed by atoms with E-state index in [-0.39, 0.29) is 16.9 Å². The first-order valence-electron chi connectivity index (χ1n) is 9.53. The van der Waals surface area contributed by atoms with E-state index in [2.05, 4.69) is 16.0 Å². The van der Waals surface area contributed by atoms with Crippen LogP contribution in [-0.4, -0.2) is 23.5 Å². The Morgan fingerprint density at radius 3 is 2.50 bits per heavy atom. The van der Waals surface area contributed by atoms with Crippen LogP contribution in [0.5, 0.6) is 5.75 Å². The minimum atomic E-state index is -0.384. The highest BCUT2D eigenvalue weighted by Crippen LogP contribution is 2.25. The molecule has 3 N–H and O–H groups in total. The second-order valence-electron chi connectivity index (χ2n) is 6.27. The normalized spacial score (nSPS) is 10.5. The van der Waals surface area contributed by atoms with Crippen molar-refractivity contribution in [1.29, 1.82) is 0 Å². The van der Waals surface area contributed by atoms with E-state index in [1.807, 2.05) is 38.1 Å². The molecule has 158 valence electrons. The Bertz CT molecular complexity index is 930. The summed E-state index contributed by atoms with van der Waals surface area (Å²) in [6.07, 6.45) is 4.24. The van der Waals surface area contributed by atoms with Gasteiger partial charge in [-0.25, -0.2) is 0 Å². The van der Waals surface area contributed by atoms with Crippen LogP contribution in [0.3, 0.4) is 0 Å². The maximum Gasteiger partial charge on any atom is 0.250 e. The molecule has 0 fully saturated rings. The molecule has 2 aromatic carbocycles. The lowest BCUT2D eigenvalue weighted by molar-refractivity contribution is -0.116. The molecule has 0 aliphatic carbocycles. The Morgan fingerprint density at radius 1 is 1.10 bits per heavy atom. The summed E-state index contributed by atoms with van der Waals surface area (Å²) in [7, 11) is 0. The van der Waals surface area contributed by atoms with Crippen LogP contribution in [0.25, 0.3) is 6.08 Å². The lowest BCUT2D eigenvalue weighted by atomic mass is 10.2. The number of halogens is 1. The SMILES string of the molecule is CCCC(=O)Nc1ccc(Cl)c(NC(=S)NC(=O)/C=C/c2ccc(OCC)cc2)c1. The van der Waals surface area contributed by atoms with Gasteiger partial charge in [0.05, 0.1) is 17.3 Å². The van der Waals surface area contributed by atoms with E-state index >= 15 is 0 Å². The Balaban J connectivity index is 1.92. The molecule has 0 atom stereocenters. The van der Waals surface area contributed by atoms with Crippen molar-refractivity contribution < 1.29 is 14.3 Å². The van der Waals surface area contributed by atoms with E-state index < -0.39 is 0 Å². The topological polar surface area (TPSA) is 79.5 Å². The molecule has 0 bridgehead atoms. The van der Waals surface area contributed by atoms with Crippen LogP contribution in [0.2, 0.25) is 5.02 Å². The van der Waals surface area contributed by atoms with Crippen LogP contribution in [-0.2, 0) is 9.59 Å². The summed E-state index contributed by atoms with van der Waals surface area (Å²) in [4.78, 5) is 23.9. The van der Waals surface area contributed by atoms with E-state index in [9.17, 15) is 9.59 Å². The highest BCUT2D eigenvalue weighted by atomic mass is 35.5. The second kappa shape index (κ2) is 11.9. The Hall–Kier alpha value is -2.90. The molecule has 0 radical (unpaired) electrons. The summed E-state index contributed by atoms with van der Waals surface area (Å²) in [6, 6.07) is 12.4. The van der Waals surface area contributed by atoms with Crippen molar-refractivity contribution in [2.75, 3.05) is 17.2 Å². The summed E-state index contributed by atoms with van der Waals surface area (Å²) in [6.45, 7) is 4.45. The van der Waals surface area contributed by atoms with Crippen LogP contribution in [0.4, 0.5) is 11.4 Å². The van der Waals surface area contributed by atoms with Gasteiger partial charge < -0.3 is 15.4 Å². The molecule has 30 heavy (non-hydrogen) atoms. The van der Waals surface area contributed by atoms with Gasteiger partial charge in [0, 0.05) is 18.2 Å². The van der Waals surface area contributed by atoms with Crippen molar-refractivity contribution in [2.24, 2.45) is 0 Å². The van der Waals surface area contributed by atoms with Crippen molar-refractivity contribution in [3.05, 3.63) is 59.1 Å². The molecule has 0 aliphatic rings. The molecule has 2 rings (SSSR count). The van der Waals surface area contributed by atoms with Crippen LogP contribution in [0.1, 0.15) is 32.3 Å². The summed E-state index contributed by atoms with van der Waals surface area (Å²) < 4.78 is 5.38. The fourth-order valence-electron chi connectivity index (χ4n) is 2.47. The summed E-state index contributed by atoms with van der Waals surface area (Å²) in [5.74, 6) is 0.306. The lowest BCUT2D eigenvalue weighted by Crippen LogP contribution is -2.32. The molecular formula is C22H24ClN3O3S. The Labute approximate surface area is 186 Å². The summed E-state index contributed by atoms with van der Waals surface area (Å²) >= 11 is 11.4. The van der Waals surface area contributed by atoms with Gasteiger partial charge in [0.2, 0.25) is 11.8 Å². The predicted molar refractivity (Wildman–Crippen MR) is 126 cm³/mol. The average Bonchev–Trinajstić information content (AvgIpc) is 2.70. The quantitative estimate of drug-likeness (QED) is 0.393. The van der Waals surface area contributed by atoms with Crippen LogP contribution >= 0.6 is 23.8 Å². The average molecular weight is 446 g/mol. The summed E-state index contributed by atoms with van der Waals surface area (Å²) in [5, 5.41) is 8.72. The van der Waals surface area contributed by atoms with Gasteiger partial charge in [-0.3, -0.25) is 14.9 Å². The minimum Gasteiger partial charge on any atom is -0.494 e. The molecule has 8 heteroatoms. The van der Waals surface area contributed by atoms with Gasteiger partial charge in [-0.2, -0.15) is 0 Å². The van der Waals surface area contributed by atoms with Crippen molar-refractivity contribution >= 4 is 58.2 Å². The second-order valence-corrected chi connectivity index (χ2v) is 7.09. The van der Waals surface area contributed by atoms with Gasteiger partial charge >= 0.3 is 0 Å². The van der Waals surface area contributed by atoms with Crippen LogP contribution in [0, 0.1) is 0 Å². The van der Waals surface area contributed by atoms with Crippen molar-refractivity contribution in [3.8, 4) is 5.75 Å². The molecular weight excluding hydrogens is 422 g/mol. The Morgan fingerprint density at radius 2 is 1.83 bits per heavy atom. The van der Waals surface area contributed by atoms with Gasteiger partial charge in [-0.15, -0.1) is 0 Å². The molecule has 2 amide bonds. The van der Waals surface area contributed by atoms with Gasteiger partial charge in [-0.05, 0) is 67.5 Å². The number of thiocarbonyl (C=S) groups is 1. The predicted octanol–water partition coefficient (Wildman–Crippen LogP) is 5.00. The number of hydrogen-bond donors (Lipinski definition) is 3. The molecule has 0 unspecified atom stereocenters. The third kappa shape index (κ3) is 7.85. The first-order chi connectivity index (χ1) is 14.4. The molecule has 2 aromatic rings. The van der Waals surface area contributed by atoms with Crippen LogP contribution in [0.15, 0.2) is 48.5 Å². The first-order valence-corrected chi connectivity index (χ1v) is 10.3. The number of carbonyl (C=O) groups is 2. The van der Waals surface area contributed by atoms with Gasteiger partial charge in [0.25, 0.3) is 0 Å². The number of rotatable bonds is 8. The summed E-state index contributed by atoms with van der Waals surface area (Å²) in [5.41, 5.74) is 1.92. The maximum absolute atomic E-state index is 12.1. The monoisotopic (exact) mass is 445 g/mol. The highest BCUT2D eigenvalue weighted by molar-refractivity contribution is 7.80. The molecule has 6 nitrogen and oxygen atoms in total. The smallest absolute Gasteiger partial charge is 0.250 e. The number of carbonyl (C=O) groups excluding carboxylic acids is 2. The number of ether oxygens (including phenoxy) is 1. The molecule has 0 saturated heterocycles. The molecule has 0 spiro atoms. The minimum absolute atomic E-state index is 0.0823. The maximum atomic E-state index is 12.1. The van der Waals surface area contributed by atoms with Gasteiger partial charge in [0.1, 0.15) is 5.75 Å². The van der Waals surface area contributed by atoms with Crippen molar-refractivity contribution in [1.82, 2.24) is 5.32 Å². The van der Waals surface area contributed by atoms with E-state index in [4.69, 9.17) is 28.6 Å². The number of anilines is 2. The highest BCUT2D eigenvalue weighted by Gasteiger charge is 2.08. The van der Waals surface area contributed by atoms with Crippen molar-refractivity contribution in [2.45, 2.75) is 26.7 Å². The fourth-order valence-corrected chi connectivity index (χ4v) is 2.85. The standard InChI is InChI=1S/C22H24ClN3O3S/c1-3-5-20(27)24-16-9-12-18(23)19(14-16)25-22(30)26-21(28)13-8-15-6-10-17(11-7-15)29-4-2/h6-14H,3-5H2,1-2H3,(H,24,27)(H2,25,26,28,30)/b13-8+. The third-order valence-corrected chi connectivity index (χ3v) is 4.36. The zero-order valence-corrected chi connectivity index (χ0v) is 18.4. The first kappa shape index (κ1) is 23.4. The molecule has 0 aromatic heterocycles. The third-order valence-electron chi connectivity index (χ3n) is 3.83. The number of amides is 2. The number of benzene rings is 2. The van der Waals surface area contributed by atoms with Gasteiger partial charge in [-0.1, -0.05) is 30.7 Å². The zero-order valence-electron chi connectivity index (χ0n) is 16.8. The zero-order chi connectivity index (χ0) is 21.9. The molecule has 0 heterocycles. The number of hydrogen-bond acceptors (Lipinski definition) is 4. The van der Waals surface area contributed by atoms with E-state index in [1.165, 1.54) is 6.08 Å². The fraction of sp³-hybridized carbons (Fsp3) is 0.227. The largest absolute Gasteiger partial charge is 0.494 e.